The van der Waals surface area contributed by atoms with Crippen LogP contribution in [-0.2, 0) is 0 Å². The lowest BCUT2D eigenvalue weighted by Crippen LogP contribution is -1.88. The Morgan fingerprint density at radius 3 is 2.35 bits per heavy atom. The quantitative estimate of drug-likeness (QED) is 0.482. The molecule has 0 fully saturated rings. The molecule has 0 amide bonds. The molecule has 1 aromatic heterocycles. The number of rotatable bonds is 1. The van der Waals surface area contributed by atoms with E-state index in [0.717, 1.165) is 4.47 Å². The molecule has 0 atom stereocenters. The monoisotopic (exact) mass is 434 g/mol. The topological polar surface area (TPSA) is 52.0 Å². The Balaban J connectivity index is 2.25. The van der Waals surface area contributed by atoms with E-state index in [1.807, 2.05) is 0 Å². The number of hydrogen-bond donors (Lipinski definition) is 1. The summed E-state index contributed by atoms with van der Waals surface area (Å²) in [6.45, 7) is 0. The Hall–Kier alpha value is -0.750. The molecule has 0 spiro atoms. The molecular weight excluding hydrogens is 431 g/mol. The fourth-order valence-electron chi connectivity index (χ4n) is 1.81. The molecule has 0 saturated carbocycles. The number of benzene rings is 2. The number of fused-ring (bicyclic) bond motifs is 1. The van der Waals surface area contributed by atoms with Crippen LogP contribution in [0.4, 0.5) is 5.69 Å². The van der Waals surface area contributed by atoms with Crippen molar-refractivity contribution in [3.8, 4) is 11.5 Å². The van der Waals surface area contributed by atoms with E-state index >= 15 is 0 Å². The van der Waals surface area contributed by atoms with Gasteiger partial charge in [-0.1, -0.05) is 23.2 Å². The third-order valence-corrected chi connectivity index (χ3v) is 4.62. The Bertz CT molecular complexity index is 813. The van der Waals surface area contributed by atoms with Crippen molar-refractivity contribution in [1.82, 2.24) is 4.98 Å². The van der Waals surface area contributed by atoms with Gasteiger partial charge in [-0.25, -0.2) is 4.98 Å². The summed E-state index contributed by atoms with van der Waals surface area (Å²) in [6, 6.07) is 6.91. The zero-order valence-electron chi connectivity index (χ0n) is 9.75. The Kier molecular flexibility index (Phi) is 3.71. The van der Waals surface area contributed by atoms with E-state index in [2.05, 4.69) is 36.8 Å². The van der Waals surface area contributed by atoms with Gasteiger partial charge in [0, 0.05) is 20.1 Å². The van der Waals surface area contributed by atoms with Crippen molar-refractivity contribution < 1.29 is 4.42 Å². The van der Waals surface area contributed by atoms with E-state index in [9.17, 15) is 0 Å². The van der Waals surface area contributed by atoms with Gasteiger partial charge in [-0.15, -0.1) is 0 Å². The Morgan fingerprint density at radius 1 is 1.05 bits per heavy atom. The molecule has 2 N–H and O–H groups in total. The first-order valence-corrected chi connectivity index (χ1v) is 7.80. The normalized spacial score (nSPS) is 11.2. The van der Waals surface area contributed by atoms with Crippen LogP contribution in [0, 0.1) is 0 Å². The number of nitrogens with zero attached hydrogens (tertiary/aromatic N) is 1. The molecule has 2 aromatic carbocycles. The highest BCUT2D eigenvalue weighted by molar-refractivity contribution is 9.11. The number of aromatic nitrogens is 1. The van der Waals surface area contributed by atoms with Crippen molar-refractivity contribution in [2.75, 3.05) is 5.73 Å². The Morgan fingerprint density at radius 2 is 1.70 bits per heavy atom. The summed E-state index contributed by atoms with van der Waals surface area (Å²) in [4.78, 5) is 4.44. The van der Waals surface area contributed by atoms with Crippen LogP contribution in [0.5, 0.6) is 0 Å². The van der Waals surface area contributed by atoms with Crippen molar-refractivity contribution in [1.29, 1.82) is 0 Å². The maximum absolute atomic E-state index is 5.99. The van der Waals surface area contributed by atoms with Crippen LogP contribution in [0.1, 0.15) is 0 Å². The molecule has 20 heavy (non-hydrogen) atoms. The van der Waals surface area contributed by atoms with Crippen molar-refractivity contribution in [3.05, 3.63) is 43.3 Å². The molecule has 3 aromatic rings. The van der Waals surface area contributed by atoms with Crippen LogP contribution in [0.25, 0.3) is 22.6 Å². The van der Waals surface area contributed by atoms with Crippen LogP contribution < -0.4 is 5.73 Å². The van der Waals surface area contributed by atoms with Crippen molar-refractivity contribution in [2.24, 2.45) is 0 Å². The lowest BCUT2D eigenvalue weighted by Gasteiger charge is -1.99. The van der Waals surface area contributed by atoms with Gasteiger partial charge in [-0.2, -0.15) is 0 Å². The summed E-state index contributed by atoms with van der Waals surface area (Å²) < 4.78 is 7.16. The van der Waals surface area contributed by atoms with E-state index in [4.69, 9.17) is 33.4 Å². The standard InChI is InChI=1S/C13H6Br2Cl2N2O/c14-8-4-9-12(10(15)11(8)18)19-13(20-9)5-1-6(16)3-7(17)2-5/h1-4H,18H2. The molecule has 0 unspecified atom stereocenters. The first-order valence-electron chi connectivity index (χ1n) is 5.46. The third kappa shape index (κ3) is 2.44. The number of anilines is 1. The van der Waals surface area contributed by atoms with Crippen molar-refractivity contribution >= 4 is 71.8 Å². The fourth-order valence-corrected chi connectivity index (χ4v) is 3.51. The van der Waals surface area contributed by atoms with E-state index in [-0.39, 0.29) is 0 Å². The van der Waals surface area contributed by atoms with E-state index in [1.165, 1.54) is 0 Å². The average molecular weight is 437 g/mol. The van der Waals surface area contributed by atoms with Gasteiger partial charge < -0.3 is 10.2 Å². The molecule has 7 heteroatoms. The van der Waals surface area contributed by atoms with Crippen LogP contribution in [0.15, 0.2) is 37.6 Å². The van der Waals surface area contributed by atoms with Crippen LogP contribution >= 0.6 is 55.1 Å². The minimum absolute atomic E-state index is 0.433. The van der Waals surface area contributed by atoms with Gasteiger partial charge in [0.15, 0.2) is 5.58 Å². The first-order chi connectivity index (χ1) is 9.45. The molecule has 3 nitrogen and oxygen atoms in total. The SMILES string of the molecule is Nc1c(Br)cc2oc(-c3cc(Cl)cc(Cl)c3)nc2c1Br. The molecule has 0 radical (unpaired) electrons. The maximum Gasteiger partial charge on any atom is 0.227 e. The highest BCUT2D eigenvalue weighted by Gasteiger charge is 2.15. The molecule has 1 heterocycles. The lowest BCUT2D eigenvalue weighted by molar-refractivity contribution is 0.619. The summed E-state index contributed by atoms with van der Waals surface area (Å²) in [7, 11) is 0. The average Bonchev–Trinajstić information content (AvgIpc) is 2.79. The molecule has 0 aliphatic carbocycles. The van der Waals surface area contributed by atoms with Crippen LogP contribution in [-0.4, -0.2) is 4.98 Å². The Labute approximate surface area is 141 Å². The van der Waals surface area contributed by atoms with Crippen LogP contribution in [0.3, 0.4) is 0 Å². The summed E-state index contributed by atoms with van der Waals surface area (Å²) in [5.41, 5.74) is 8.47. The largest absolute Gasteiger partial charge is 0.436 e. The predicted molar refractivity (Wildman–Crippen MR) is 89.3 cm³/mol. The fraction of sp³-hybridized carbons (Fsp3) is 0. The zero-order chi connectivity index (χ0) is 14.4. The number of nitrogens with two attached hydrogens (primary N) is 1. The molecular formula is C13H6Br2Cl2N2O. The molecule has 102 valence electrons. The lowest BCUT2D eigenvalue weighted by atomic mass is 10.2. The third-order valence-electron chi connectivity index (χ3n) is 2.72. The van der Waals surface area contributed by atoms with Gasteiger partial charge in [-0.3, -0.25) is 0 Å². The van der Waals surface area contributed by atoms with Crippen molar-refractivity contribution in [2.45, 2.75) is 0 Å². The molecule has 0 bridgehead atoms. The highest BCUT2D eigenvalue weighted by Crippen LogP contribution is 2.38. The van der Waals surface area contributed by atoms with Gasteiger partial charge in [-0.05, 0) is 56.1 Å². The minimum atomic E-state index is 0.433. The number of halogens is 4. The summed E-state index contributed by atoms with van der Waals surface area (Å²) >= 11 is 18.8. The summed E-state index contributed by atoms with van der Waals surface area (Å²) in [5.74, 6) is 0.433. The van der Waals surface area contributed by atoms with Crippen molar-refractivity contribution in [3.63, 3.8) is 0 Å². The molecule has 0 aliphatic rings. The summed E-state index contributed by atoms with van der Waals surface area (Å²) in [5, 5.41) is 1.05. The van der Waals surface area contributed by atoms with E-state index < -0.39 is 0 Å². The molecule has 0 saturated heterocycles. The number of hydrogen-bond acceptors (Lipinski definition) is 3. The second-order valence-electron chi connectivity index (χ2n) is 4.11. The maximum atomic E-state index is 5.99. The van der Waals surface area contributed by atoms with E-state index in [0.29, 0.717) is 42.8 Å². The smallest absolute Gasteiger partial charge is 0.227 e. The first kappa shape index (κ1) is 14.2. The minimum Gasteiger partial charge on any atom is -0.436 e. The predicted octanol–water partition coefficient (Wildman–Crippen LogP) is 5.91. The van der Waals surface area contributed by atoms with Gasteiger partial charge in [0.1, 0.15) is 5.52 Å². The molecule has 0 aliphatic heterocycles. The second kappa shape index (κ2) is 5.22. The summed E-state index contributed by atoms with van der Waals surface area (Å²) in [6.07, 6.45) is 0. The number of nitrogen functional groups attached to an aromatic ring is 1. The van der Waals surface area contributed by atoms with E-state index in [1.54, 1.807) is 24.3 Å². The number of oxazole rings is 1. The van der Waals surface area contributed by atoms with Gasteiger partial charge in [0.05, 0.1) is 10.2 Å². The van der Waals surface area contributed by atoms with Crippen LogP contribution in [0.2, 0.25) is 10.0 Å². The second-order valence-corrected chi connectivity index (χ2v) is 6.63. The molecule has 3 rings (SSSR count). The highest BCUT2D eigenvalue weighted by atomic mass is 79.9. The van der Waals surface area contributed by atoms with Gasteiger partial charge in [0.2, 0.25) is 5.89 Å². The van der Waals surface area contributed by atoms with Gasteiger partial charge >= 0.3 is 0 Å². The van der Waals surface area contributed by atoms with Gasteiger partial charge in [0.25, 0.3) is 0 Å². The zero-order valence-corrected chi connectivity index (χ0v) is 14.4.